The van der Waals surface area contributed by atoms with Crippen LogP contribution in [0.15, 0.2) is 12.2 Å². The Labute approximate surface area is 98.4 Å². The van der Waals surface area contributed by atoms with E-state index < -0.39 is 33.2 Å². The van der Waals surface area contributed by atoms with Gasteiger partial charge in [-0.3, -0.25) is 8.98 Å². The normalized spacial score (nSPS) is 12.1. The first-order valence-corrected chi connectivity index (χ1v) is 6.89. The highest BCUT2D eigenvalue weighted by atomic mass is 32.3. The Morgan fingerprint density at radius 2 is 1.88 bits per heavy atom. The van der Waals surface area contributed by atoms with E-state index in [-0.39, 0.29) is 12.1 Å². The quantitative estimate of drug-likeness (QED) is 0.343. The van der Waals surface area contributed by atoms with Crippen molar-refractivity contribution in [1.29, 1.82) is 0 Å². The number of carbonyl (C=O) groups excluding carboxylic acids is 1. The molecule has 8 nitrogen and oxygen atoms in total. The predicted octanol–water partition coefficient (Wildman–Crippen LogP) is -1.26. The molecule has 0 rings (SSSR count). The lowest BCUT2D eigenvalue weighted by molar-refractivity contribution is -0.117. The molecule has 0 unspecified atom stereocenters. The van der Waals surface area contributed by atoms with E-state index in [4.69, 9.17) is 0 Å². The Morgan fingerprint density at radius 3 is 2.29 bits per heavy atom. The Bertz CT molecular complexity index is 497. The maximum absolute atomic E-state index is 11.9. The first-order valence-electron chi connectivity index (χ1n) is 4.10. The predicted molar refractivity (Wildman–Crippen MR) is 55.9 cm³/mol. The topological polar surface area (TPSA) is 119 Å². The molecular weight excluding hydrogens is 279 g/mol. The number of halogens is 1. The summed E-state index contributed by atoms with van der Waals surface area (Å²) in [5, 5.41) is 2.22. The second kappa shape index (κ2) is 6.05. The summed E-state index contributed by atoms with van der Waals surface area (Å²) in [6.07, 6.45) is 0. The molecule has 2 N–H and O–H groups in total. The molecule has 0 aliphatic heterocycles. The van der Waals surface area contributed by atoms with Gasteiger partial charge in [0.25, 0.3) is 0 Å². The van der Waals surface area contributed by atoms with Crippen LogP contribution in [0.2, 0.25) is 0 Å². The van der Waals surface area contributed by atoms with E-state index in [2.05, 4.69) is 16.1 Å². The van der Waals surface area contributed by atoms with Gasteiger partial charge in [-0.1, -0.05) is 14.6 Å². The molecule has 0 fully saturated rings. The van der Waals surface area contributed by atoms with Crippen LogP contribution >= 0.6 is 0 Å². The summed E-state index contributed by atoms with van der Waals surface area (Å²) in [7, 11) is -10.2. The summed E-state index contributed by atoms with van der Waals surface area (Å²) in [6.45, 7) is 3.99. The second-order valence-electron chi connectivity index (χ2n) is 2.83. The highest BCUT2D eigenvalue weighted by molar-refractivity contribution is 8.00. The zero-order valence-electron chi connectivity index (χ0n) is 8.77. The lowest BCUT2D eigenvalue weighted by Gasteiger charge is -2.05. The highest BCUT2D eigenvalue weighted by Crippen LogP contribution is 1.93. The number of nitrogens with one attached hydrogen (secondary N) is 2. The van der Waals surface area contributed by atoms with Crippen molar-refractivity contribution in [3.63, 3.8) is 0 Å². The number of rotatable bonds is 7. The van der Waals surface area contributed by atoms with Crippen molar-refractivity contribution in [2.45, 2.75) is 6.92 Å². The van der Waals surface area contributed by atoms with Gasteiger partial charge in [-0.05, 0) is 6.92 Å². The van der Waals surface area contributed by atoms with E-state index in [1.807, 2.05) is 0 Å². The van der Waals surface area contributed by atoms with Crippen LogP contribution in [0.5, 0.6) is 0 Å². The minimum absolute atomic E-state index is 0.206. The average molecular weight is 290 g/mol. The number of carbonyl (C=O) groups is 1. The van der Waals surface area contributed by atoms with Crippen molar-refractivity contribution in [3.05, 3.63) is 12.2 Å². The van der Waals surface area contributed by atoms with Crippen molar-refractivity contribution in [2.75, 3.05) is 13.2 Å². The van der Waals surface area contributed by atoms with Crippen LogP contribution in [-0.2, 0) is 29.7 Å². The standard InChI is InChI=1S/C6H11FN2O6S2/c1-5(2)6(10)8-3-4-15-17(13,14)9-16(7,11)12/h9H,1,3-4H2,2H3,(H,8,10). The van der Waals surface area contributed by atoms with Crippen molar-refractivity contribution in [3.8, 4) is 0 Å². The maximum Gasteiger partial charge on any atom is 0.387 e. The Balaban J connectivity index is 4.06. The molecule has 1 amide bonds. The highest BCUT2D eigenvalue weighted by Gasteiger charge is 2.20. The lowest BCUT2D eigenvalue weighted by atomic mass is 10.3. The molecule has 0 spiro atoms. The minimum Gasteiger partial charge on any atom is -0.350 e. The Morgan fingerprint density at radius 1 is 1.35 bits per heavy atom. The van der Waals surface area contributed by atoms with Gasteiger partial charge in [0.05, 0.1) is 6.61 Å². The molecular formula is C6H11FN2O6S2. The zero-order valence-corrected chi connectivity index (χ0v) is 10.4. The van der Waals surface area contributed by atoms with Gasteiger partial charge in [0.2, 0.25) is 5.91 Å². The number of hydrogen-bond donors (Lipinski definition) is 2. The van der Waals surface area contributed by atoms with Crippen LogP contribution < -0.4 is 9.44 Å². The fourth-order valence-electron chi connectivity index (χ4n) is 0.613. The van der Waals surface area contributed by atoms with Crippen molar-refractivity contribution in [1.82, 2.24) is 9.44 Å². The summed E-state index contributed by atoms with van der Waals surface area (Å²) < 4.78 is 58.0. The fraction of sp³-hybridized carbons (Fsp3) is 0.500. The molecule has 100 valence electrons. The third-order valence-electron chi connectivity index (χ3n) is 1.22. The first-order chi connectivity index (χ1) is 7.53. The molecule has 0 saturated heterocycles. The lowest BCUT2D eigenvalue weighted by Crippen LogP contribution is -2.33. The molecule has 0 radical (unpaired) electrons. The number of hydrogen-bond acceptors (Lipinski definition) is 6. The van der Waals surface area contributed by atoms with Gasteiger partial charge in [0.1, 0.15) is 0 Å². The van der Waals surface area contributed by atoms with Gasteiger partial charge >= 0.3 is 20.7 Å². The van der Waals surface area contributed by atoms with E-state index in [1.165, 1.54) is 6.92 Å². The molecule has 0 bridgehead atoms. The molecule has 0 aromatic carbocycles. The molecule has 0 heterocycles. The molecule has 17 heavy (non-hydrogen) atoms. The Kier molecular flexibility index (Phi) is 5.68. The van der Waals surface area contributed by atoms with Gasteiger partial charge in [-0.2, -0.15) is 16.8 Å². The van der Waals surface area contributed by atoms with Crippen molar-refractivity contribution in [2.24, 2.45) is 0 Å². The van der Waals surface area contributed by atoms with Gasteiger partial charge in [0, 0.05) is 12.1 Å². The van der Waals surface area contributed by atoms with Gasteiger partial charge < -0.3 is 5.32 Å². The van der Waals surface area contributed by atoms with Crippen molar-refractivity contribution < 1.29 is 29.7 Å². The SMILES string of the molecule is C=C(C)C(=O)NCCOS(=O)(=O)NS(=O)(=O)F. The van der Waals surface area contributed by atoms with Gasteiger partial charge in [-0.25, -0.2) is 0 Å². The summed E-state index contributed by atoms with van der Waals surface area (Å²) in [4.78, 5) is 10.9. The van der Waals surface area contributed by atoms with Crippen LogP contribution in [0.3, 0.4) is 0 Å². The fourth-order valence-corrected chi connectivity index (χ4v) is 2.08. The largest absolute Gasteiger partial charge is 0.387 e. The third kappa shape index (κ3) is 8.74. The average Bonchev–Trinajstić information content (AvgIpc) is 2.07. The first kappa shape index (κ1) is 16.0. The molecule has 0 aliphatic rings. The smallest absolute Gasteiger partial charge is 0.350 e. The van der Waals surface area contributed by atoms with E-state index in [0.717, 1.165) is 0 Å². The summed E-state index contributed by atoms with van der Waals surface area (Å²) in [5.41, 5.74) is 0.206. The molecule has 0 aliphatic carbocycles. The number of amides is 1. The summed E-state index contributed by atoms with van der Waals surface area (Å²) in [6, 6.07) is 0. The summed E-state index contributed by atoms with van der Waals surface area (Å²) in [5.74, 6) is -0.517. The molecule has 0 atom stereocenters. The summed E-state index contributed by atoms with van der Waals surface area (Å²) >= 11 is 0. The third-order valence-corrected chi connectivity index (χ3v) is 3.31. The van der Waals surface area contributed by atoms with Crippen LogP contribution in [0.25, 0.3) is 0 Å². The van der Waals surface area contributed by atoms with Crippen LogP contribution in [0, 0.1) is 0 Å². The van der Waals surface area contributed by atoms with E-state index in [0.29, 0.717) is 4.13 Å². The molecule has 0 aromatic rings. The van der Waals surface area contributed by atoms with Crippen LogP contribution in [0.1, 0.15) is 6.92 Å². The maximum atomic E-state index is 11.9. The van der Waals surface area contributed by atoms with Gasteiger partial charge in [-0.15, -0.1) is 0 Å². The van der Waals surface area contributed by atoms with Crippen LogP contribution in [-0.4, -0.2) is 35.9 Å². The van der Waals surface area contributed by atoms with Crippen molar-refractivity contribution >= 4 is 26.6 Å². The monoisotopic (exact) mass is 290 g/mol. The van der Waals surface area contributed by atoms with E-state index in [1.54, 1.807) is 0 Å². The molecule has 0 saturated carbocycles. The molecule has 11 heteroatoms. The zero-order chi connectivity index (χ0) is 13.7. The second-order valence-corrected chi connectivity index (χ2v) is 5.52. The van der Waals surface area contributed by atoms with Gasteiger partial charge in [0.15, 0.2) is 0 Å². The van der Waals surface area contributed by atoms with E-state index in [9.17, 15) is 25.5 Å². The molecule has 0 aromatic heterocycles. The van der Waals surface area contributed by atoms with E-state index >= 15 is 0 Å². The van der Waals surface area contributed by atoms with Crippen LogP contribution in [0.4, 0.5) is 3.89 Å². The minimum atomic E-state index is -5.41. The Hall–Kier alpha value is -1.04.